The Morgan fingerprint density at radius 1 is 1.23 bits per heavy atom. The third kappa shape index (κ3) is 6.61. The van der Waals surface area contributed by atoms with E-state index in [0.29, 0.717) is 6.42 Å². The first-order valence-corrected chi connectivity index (χ1v) is 6.37. The van der Waals surface area contributed by atoms with Gasteiger partial charge in [-0.3, -0.25) is 4.79 Å². The van der Waals surface area contributed by atoms with Gasteiger partial charge in [-0.2, -0.15) is 17.6 Å². The van der Waals surface area contributed by atoms with Crippen molar-refractivity contribution >= 4 is 11.6 Å². The first-order valence-electron chi connectivity index (χ1n) is 6.37. The summed E-state index contributed by atoms with van der Waals surface area (Å²) >= 11 is 0. The van der Waals surface area contributed by atoms with Gasteiger partial charge in [0.1, 0.15) is 5.75 Å². The van der Waals surface area contributed by atoms with Crippen molar-refractivity contribution in [3.05, 3.63) is 18.2 Å². The fourth-order valence-corrected chi connectivity index (χ4v) is 1.55. The molecule has 124 valence electrons. The van der Waals surface area contributed by atoms with E-state index < -0.39 is 24.9 Å². The van der Waals surface area contributed by atoms with Crippen molar-refractivity contribution in [3.8, 4) is 11.5 Å². The van der Waals surface area contributed by atoms with Crippen molar-refractivity contribution in [1.29, 1.82) is 0 Å². The van der Waals surface area contributed by atoms with Crippen LogP contribution >= 0.6 is 0 Å². The van der Waals surface area contributed by atoms with Crippen molar-refractivity contribution in [2.24, 2.45) is 5.73 Å². The first-order chi connectivity index (χ1) is 10.3. The molecule has 0 radical (unpaired) electrons. The maximum absolute atomic E-state index is 12.3. The van der Waals surface area contributed by atoms with Crippen molar-refractivity contribution in [2.75, 3.05) is 5.32 Å². The summed E-state index contributed by atoms with van der Waals surface area (Å²) in [5.74, 6) is -1.29. The van der Waals surface area contributed by atoms with Crippen LogP contribution in [-0.4, -0.2) is 25.2 Å². The van der Waals surface area contributed by atoms with Crippen LogP contribution in [0, 0.1) is 0 Å². The number of rotatable bonds is 8. The molecule has 0 fully saturated rings. The number of benzene rings is 1. The summed E-state index contributed by atoms with van der Waals surface area (Å²) in [6, 6.07) is 2.90. The van der Waals surface area contributed by atoms with E-state index in [1.165, 1.54) is 0 Å². The maximum Gasteiger partial charge on any atom is 0.387 e. The number of alkyl halides is 4. The lowest BCUT2D eigenvalue weighted by Crippen LogP contribution is -2.20. The molecule has 0 spiro atoms. The van der Waals surface area contributed by atoms with Gasteiger partial charge in [-0.25, -0.2) is 0 Å². The van der Waals surface area contributed by atoms with Gasteiger partial charge in [-0.05, 0) is 25.5 Å². The van der Waals surface area contributed by atoms with E-state index in [0.717, 1.165) is 18.2 Å². The zero-order chi connectivity index (χ0) is 16.7. The summed E-state index contributed by atoms with van der Waals surface area (Å²) in [6.07, 6.45) is 0.491. The number of carbonyl (C=O) groups excluding carboxylic acids is 1. The molecule has 3 N–H and O–H groups in total. The number of amides is 1. The second kappa shape index (κ2) is 8.42. The van der Waals surface area contributed by atoms with Crippen LogP contribution in [0.25, 0.3) is 0 Å². The van der Waals surface area contributed by atoms with Crippen molar-refractivity contribution in [3.63, 3.8) is 0 Å². The Balaban J connectivity index is 2.85. The minimum absolute atomic E-state index is 0.0726. The highest BCUT2D eigenvalue weighted by molar-refractivity contribution is 5.92. The standard InChI is InChI=1S/C13H16F4N2O3/c1-7(18)2-5-11(20)19-9-4-3-8(21-12(14)15)6-10(9)22-13(16)17/h3-4,6-7,12-13H,2,5,18H2,1H3,(H,19,20). The van der Waals surface area contributed by atoms with Crippen LogP contribution in [0.5, 0.6) is 11.5 Å². The molecule has 1 amide bonds. The number of carbonyl (C=O) groups is 1. The Kier molecular flexibility index (Phi) is 6.90. The number of ether oxygens (including phenoxy) is 2. The molecule has 1 unspecified atom stereocenters. The van der Waals surface area contributed by atoms with Crippen LogP contribution in [0.3, 0.4) is 0 Å². The molecular weight excluding hydrogens is 308 g/mol. The van der Waals surface area contributed by atoms with Gasteiger partial charge in [0, 0.05) is 18.5 Å². The van der Waals surface area contributed by atoms with Gasteiger partial charge in [0.25, 0.3) is 0 Å². The van der Waals surface area contributed by atoms with Crippen LogP contribution in [0.15, 0.2) is 18.2 Å². The van der Waals surface area contributed by atoms with Gasteiger partial charge in [-0.15, -0.1) is 0 Å². The van der Waals surface area contributed by atoms with Crippen LogP contribution in [-0.2, 0) is 4.79 Å². The highest BCUT2D eigenvalue weighted by Crippen LogP contribution is 2.31. The number of anilines is 1. The molecule has 9 heteroatoms. The zero-order valence-corrected chi connectivity index (χ0v) is 11.7. The monoisotopic (exact) mass is 324 g/mol. The number of hydrogen-bond acceptors (Lipinski definition) is 4. The van der Waals surface area contributed by atoms with E-state index in [1.54, 1.807) is 6.92 Å². The number of hydrogen-bond donors (Lipinski definition) is 2. The third-order valence-electron chi connectivity index (χ3n) is 2.50. The Labute approximate surface area is 124 Å². The van der Waals surface area contributed by atoms with E-state index >= 15 is 0 Å². The zero-order valence-electron chi connectivity index (χ0n) is 11.7. The Hall–Kier alpha value is -2.03. The molecule has 0 saturated heterocycles. The van der Waals surface area contributed by atoms with Crippen LogP contribution < -0.4 is 20.5 Å². The summed E-state index contributed by atoms with van der Waals surface area (Å²) in [6.45, 7) is -4.57. The smallest absolute Gasteiger partial charge is 0.387 e. The van der Waals surface area contributed by atoms with Crippen LogP contribution in [0.2, 0.25) is 0 Å². The first kappa shape index (κ1) is 18.0. The highest BCUT2D eigenvalue weighted by Gasteiger charge is 2.15. The normalized spacial score (nSPS) is 12.4. The van der Waals surface area contributed by atoms with E-state index in [9.17, 15) is 22.4 Å². The highest BCUT2D eigenvalue weighted by atomic mass is 19.3. The molecular formula is C13H16F4N2O3. The molecule has 1 aromatic rings. The Bertz CT molecular complexity index is 498. The predicted octanol–water partition coefficient (Wildman–Crippen LogP) is 2.96. The molecule has 22 heavy (non-hydrogen) atoms. The second-order valence-electron chi connectivity index (χ2n) is 4.48. The summed E-state index contributed by atoms with van der Waals surface area (Å²) in [5.41, 5.74) is 5.43. The van der Waals surface area contributed by atoms with E-state index in [2.05, 4.69) is 14.8 Å². The molecule has 1 aromatic carbocycles. The topological polar surface area (TPSA) is 73.6 Å². The molecule has 5 nitrogen and oxygen atoms in total. The van der Waals surface area contributed by atoms with Crippen molar-refractivity contribution < 1.29 is 31.8 Å². The fourth-order valence-electron chi connectivity index (χ4n) is 1.55. The molecule has 0 heterocycles. The van der Waals surface area contributed by atoms with Gasteiger partial charge in [0.15, 0.2) is 5.75 Å². The molecule has 0 aliphatic heterocycles. The number of halogens is 4. The minimum atomic E-state index is -3.18. The van der Waals surface area contributed by atoms with Crippen LogP contribution in [0.4, 0.5) is 23.2 Å². The van der Waals surface area contributed by atoms with Gasteiger partial charge >= 0.3 is 13.2 Å². The summed E-state index contributed by atoms with van der Waals surface area (Å²) in [5, 5.41) is 2.36. The van der Waals surface area contributed by atoms with E-state index in [1.807, 2.05) is 0 Å². The quantitative estimate of drug-likeness (QED) is 0.721. The minimum Gasteiger partial charge on any atom is -0.435 e. The van der Waals surface area contributed by atoms with Gasteiger partial charge in [-0.1, -0.05) is 0 Å². The van der Waals surface area contributed by atoms with E-state index in [4.69, 9.17) is 5.73 Å². The number of nitrogens with one attached hydrogen (secondary N) is 1. The average molecular weight is 324 g/mol. The number of nitrogens with two attached hydrogens (primary N) is 1. The summed E-state index contributed by atoms with van der Waals surface area (Å²) < 4.78 is 57.2. The maximum atomic E-state index is 12.3. The van der Waals surface area contributed by atoms with Gasteiger partial charge in [0.2, 0.25) is 5.91 Å². The molecule has 1 rings (SSSR count). The predicted molar refractivity (Wildman–Crippen MR) is 71.2 cm³/mol. The average Bonchev–Trinajstić information content (AvgIpc) is 2.38. The third-order valence-corrected chi connectivity index (χ3v) is 2.50. The molecule has 0 aliphatic rings. The fraction of sp³-hybridized carbons (Fsp3) is 0.462. The molecule has 0 aliphatic carbocycles. The van der Waals surface area contributed by atoms with Gasteiger partial charge < -0.3 is 20.5 Å². The Morgan fingerprint density at radius 2 is 1.86 bits per heavy atom. The Morgan fingerprint density at radius 3 is 2.41 bits per heavy atom. The van der Waals surface area contributed by atoms with Crippen molar-refractivity contribution in [2.45, 2.75) is 39.0 Å². The second-order valence-corrected chi connectivity index (χ2v) is 4.48. The molecule has 1 atom stereocenters. The molecule has 0 saturated carbocycles. The molecule has 0 bridgehead atoms. The lowest BCUT2D eigenvalue weighted by molar-refractivity contribution is -0.116. The SMILES string of the molecule is CC(N)CCC(=O)Nc1ccc(OC(F)F)cc1OC(F)F. The van der Waals surface area contributed by atoms with Crippen LogP contribution in [0.1, 0.15) is 19.8 Å². The summed E-state index contributed by atoms with van der Waals surface area (Å²) in [4.78, 5) is 11.7. The summed E-state index contributed by atoms with van der Waals surface area (Å²) in [7, 11) is 0. The van der Waals surface area contributed by atoms with E-state index in [-0.39, 0.29) is 23.9 Å². The van der Waals surface area contributed by atoms with Gasteiger partial charge in [0.05, 0.1) is 5.69 Å². The largest absolute Gasteiger partial charge is 0.435 e. The lowest BCUT2D eigenvalue weighted by atomic mass is 10.2. The molecule has 0 aromatic heterocycles. The van der Waals surface area contributed by atoms with Crippen molar-refractivity contribution in [1.82, 2.24) is 0 Å². The lowest BCUT2D eigenvalue weighted by Gasteiger charge is -2.14.